The van der Waals surface area contributed by atoms with Crippen LogP contribution in [0.2, 0.25) is 5.02 Å². The number of rotatable bonds is 15. The van der Waals surface area contributed by atoms with Gasteiger partial charge >= 0.3 is 12.1 Å². The molecule has 0 unspecified atom stereocenters. The van der Waals surface area contributed by atoms with Crippen LogP contribution in [0.25, 0.3) is 0 Å². The van der Waals surface area contributed by atoms with Crippen LogP contribution in [-0.2, 0) is 25.9 Å². The Bertz CT molecular complexity index is 3740. The number of amides is 4. The molecular formula is C66H73ClN14O6. The number of para-hydroxylation sites is 2. The Labute approximate surface area is 513 Å². The summed E-state index contributed by atoms with van der Waals surface area (Å²) in [5.74, 6) is 5.87. The highest BCUT2D eigenvalue weighted by atomic mass is 35.5. The van der Waals surface area contributed by atoms with Gasteiger partial charge in [0.2, 0.25) is 0 Å². The molecule has 4 amide bonds. The van der Waals surface area contributed by atoms with Crippen molar-refractivity contribution in [1.82, 2.24) is 39.7 Å². The summed E-state index contributed by atoms with van der Waals surface area (Å²) in [4.78, 5) is 73.0. The number of nitrogens with zero attached hydrogens (tertiary/aromatic N) is 14. The number of likely N-dealkylation sites (N-methyl/N-ethyl adjacent to an activating group) is 2. The van der Waals surface area contributed by atoms with E-state index < -0.39 is 0 Å². The van der Waals surface area contributed by atoms with Gasteiger partial charge in [-0.3, -0.25) is 9.80 Å². The van der Waals surface area contributed by atoms with Crippen molar-refractivity contribution in [3.63, 3.8) is 0 Å². The van der Waals surface area contributed by atoms with Gasteiger partial charge in [0.15, 0.2) is 11.6 Å². The number of hydrogen-bond donors (Lipinski definition) is 0. The first-order valence-corrected chi connectivity index (χ1v) is 29.6. The first-order chi connectivity index (χ1) is 42.2. The van der Waals surface area contributed by atoms with E-state index in [4.69, 9.17) is 50.5 Å². The average molecular weight is 1190 g/mol. The van der Waals surface area contributed by atoms with Gasteiger partial charge in [-0.2, -0.15) is 0 Å². The van der Waals surface area contributed by atoms with Gasteiger partial charge in [0.25, 0.3) is 0 Å². The van der Waals surface area contributed by atoms with E-state index in [9.17, 15) is 9.59 Å². The summed E-state index contributed by atoms with van der Waals surface area (Å²) in [5.41, 5.74) is 10.3. The molecule has 8 heterocycles. The molecule has 12 rings (SSSR count). The second-order valence-electron chi connectivity index (χ2n) is 22.1. The molecule has 0 radical (unpaired) electrons. The lowest BCUT2D eigenvalue weighted by Gasteiger charge is -2.36. The molecule has 4 aliphatic rings. The van der Waals surface area contributed by atoms with Gasteiger partial charge in [-0.25, -0.2) is 49.3 Å². The predicted molar refractivity (Wildman–Crippen MR) is 341 cm³/mol. The van der Waals surface area contributed by atoms with Gasteiger partial charge < -0.3 is 38.5 Å². The van der Waals surface area contributed by atoms with Crippen LogP contribution in [-0.4, -0.2) is 146 Å². The highest BCUT2D eigenvalue weighted by molar-refractivity contribution is 6.34. The summed E-state index contributed by atoms with van der Waals surface area (Å²) in [6.45, 7) is 17.2. The van der Waals surface area contributed by atoms with Crippen LogP contribution in [0.4, 0.5) is 55.6 Å². The van der Waals surface area contributed by atoms with Crippen molar-refractivity contribution in [1.29, 1.82) is 0 Å². The van der Waals surface area contributed by atoms with Gasteiger partial charge in [0, 0.05) is 117 Å². The molecule has 450 valence electrons. The quantitative estimate of drug-likeness (QED) is 0.0947. The number of carbonyl (C=O) groups is 2. The molecule has 0 bridgehead atoms. The summed E-state index contributed by atoms with van der Waals surface area (Å²) >= 11 is 6.62. The van der Waals surface area contributed by atoms with Crippen LogP contribution in [0.1, 0.15) is 57.5 Å². The van der Waals surface area contributed by atoms with Crippen LogP contribution < -0.4 is 48.3 Å². The molecule has 0 aliphatic carbocycles. The maximum Gasteiger partial charge on any atom is 0.336 e. The van der Waals surface area contributed by atoms with E-state index in [1.165, 1.54) is 4.90 Å². The first-order valence-electron chi connectivity index (χ1n) is 29.3. The number of carbonyl (C=O) groups excluding carboxylic acids is 2. The van der Waals surface area contributed by atoms with Crippen molar-refractivity contribution in [3.05, 3.63) is 177 Å². The third-order valence-electron chi connectivity index (χ3n) is 16.3. The molecule has 4 aliphatic heterocycles. The summed E-state index contributed by atoms with van der Waals surface area (Å²) in [6, 6.07) is 30.8. The fourth-order valence-corrected chi connectivity index (χ4v) is 11.8. The number of methoxy groups -OCH3 is 3. The number of aryl methyl sites for hydroxylation is 3. The van der Waals surface area contributed by atoms with Gasteiger partial charge in [-0.15, -0.1) is 0 Å². The summed E-state index contributed by atoms with van der Waals surface area (Å²) < 4.78 is 22.4. The van der Waals surface area contributed by atoms with Crippen molar-refractivity contribution < 1.29 is 28.5 Å². The zero-order valence-corrected chi connectivity index (χ0v) is 51.6. The lowest BCUT2D eigenvalue weighted by atomic mass is 10.1. The van der Waals surface area contributed by atoms with Crippen LogP contribution in [0.15, 0.2) is 122 Å². The SMILES string of the molecule is CCOc1cc(N2CCN(C)CC2)ccc1Cc1ncc2c(n1)N(c1ccc(OC)cn1)C(=O)N(c1c(C)cccc1C)C2.COc1ccc(N2C(=O)N(c3c(C)cccc3Cl)Cc3cnc(Cc4cc(N5CCN(C)CC5)ccc4OC)nc32)nc1. The lowest BCUT2D eigenvalue weighted by molar-refractivity contribution is 0.251. The van der Waals surface area contributed by atoms with E-state index in [0.717, 1.165) is 120 Å². The van der Waals surface area contributed by atoms with Gasteiger partial charge in [-0.1, -0.05) is 48.0 Å². The van der Waals surface area contributed by atoms with Crippen molar-refractivity contribution in [3.8, 4) is 23.0 Å². The highest BCUT2D eigenvalue weighted by Crippen LogP contribution is 2.41. The molecule has 20 nitrogen and oxygen atoms in total. The predicted octanol–water partition coefficient (Wildman–Crippen LogP) is 11.0. The topological polar surface area (TPSA) is 174 Å². The minimum atomic E-state index is -0.305. The Kier molecular flexibility index (Phi) is 18.0. The monoisotopic (exact) mass is 1190 g/mol. The normalized spacial score (nSPS) is 15.4. The van der Waals surface area contributed by atoms with E-state index in [2.05, 4.69) is 74.0 Å². The Balaban J connectivity index is 0.000000180. The Morgan fingerprint density at radius 3 is 1.47 bits per heavy atom. The summed E-state index contributed by atoms with van der Waals surface area (Å²) in [6.07, 6.45) is 7.71. The Hall–Kier alpha value is -9.11. The molecule has 21 heteroatoms. The zero-order valence-electron chi connectivity index (χ0n) is 50.8. The second kappa shape index (κ2) is 26.2. The van der Waals surface area contributed by atoms with Crippen LogP contribution in [0.5, 0.6) is 23.0 Å². The minimum absolute atomic E-state index is 0.219. The fourth-order valence-electron chi connectivity index (χ4n) is 11.5. The molecule has 2 fully saturated rings. The number of anilines is 8. The molecule has 0 saturated carbocycles. The van der Waals surface area contributed by atoms with E-state index >= 15 is 0 Å². The number of halogens is 1. The molecule has 8 aromatic rings. The molecule has 4 aromatic heterocycles. The second-order valence-corrected chi connectivity index (χ2v) is 22.5. The molecule has 0 N–H and O–H groups in total. The number of piperazine rings is 2. The number of ether oxygens (including phenoxy) is 4. The number of benzene rings is 4. The highest BCUT2D eigenvalue weighted by Gasteiger charge is 2.38. The number of hydrogen-bond acceptors (Lipinski definition) is 16. The fraction of sp³-hybridized carbons (Fsp3) is 0.333. The molecule has 2 saturated heterocycles. The van der Waals surface area contributed by atoms with E-state index in [1.54, 1.807) is 85.0 Å². The number of urea groups is 2. The molecule has 0 atom stereocenters. The van der Waals surface area contributed by atoms with Gasteiger partial charge in [0.05, 0.1) is 69.8 Å². The standard InChI is InChI=1S/C34H39N7O3.C32H34ClN7O3/c1-6-44-29-19-27(39-16-14-38(4)15-17-39)11-10-25(29)18-30-35-20-26-22-40(32-23(2)8-7-9-24(32)3)34(42)41(33(26)37-30)31-13-12-28(43-5)21-36-31;1-21-6-5-7-26(33)30(21)39-20-23-18-34-28(36-31(23)40(32(39)41)29-11-9-25(42-3)19-35-29)17-22-16-24(8-10-27(22)43-4)38-14-12-37(2)13-15-38/h7-13,19-21H,6,14-18,22H2,1-5H3;5-11,16,18-19H,12-15,17,20H2,1-4H3. The van der Waals surface area contributed by atoms with E-state index in [1.807, 2.05) is 70.3 Å². The van der Waals surface area contributed by atoms with Crippen molar-refractivity contribution in [2.24, 2.45) is 0 Å². The van der Waals surface area contributed by atoms with Crippen molar-refractivity contribution in [2.45, 2.75) is 53.6 Å². The lowest BCUT2D eigenvalue weighted by Crippen LogP contribution is -2.46. The Morgan fingerprint density at radius 1 is 0.506 bits per heavy atom. The summed E-state index contributed by atoms with van der Waals surface area (Å²) in [5, 5.41) is 0.490. The van der Waals surface area contributed by atoms with Gasteiger partial charge in [0.1, 0.15) is 46.3 Å². The third kappa shape index (κ3) is 12.8. The smallest absolute Gasteiger partial charge is 0.336 e. The zero-order chi connectivity index (χ0) is 60.9. The number of pyridine rings is 2. The first kappa shape index (κ1) is 59.6. The molecule has 4 aromatic carbocycles. The molecule has 87 heavy (non-hydrogen) atoms. The molecule has 0 spiro atoms. The van der Waals surface area contributed by atoms with Crippen LogP contribution in [0, 0.1) is 20.8 Å². The number of fused-ring (bicyclic) bond motifs is 2. The van der Waals surface area contributed by atoms with Crippen molar-refractivity contribution in [2.75, 3.05) is 124 Å². The molecular weight excluding hydrogens is 1120 g/mol. The minimum Gasteiger partial charge on any atom is -0.496 e. The van der Waals surface area contributed by atoms with Gasteiger partial charge in [-0.05, 0) is 113 Å². The van der Waals surface area contributed by atoms with E-state index in [0.29, 0.717) is 83.1 Å². The maximum atomic E-state index is 14.3. The van der Waals surface area contributed by atoms with Crippen molar-refractivity contribution >= 4 is 69.7 Å². The number of aromatic nitrogens is 6. The summed E-state index contributed by atoms with van der Waals surface area (Å²) in [7, 11) is 9.14. The van der Waals surface area contributed by atoms with E-state index in [-0.39, 0.29) is 18.6 Å². The Morgan fingerprint density at radius 2 is 0.989 bits per heavy atom. The largest absolute Gasteiger partial charge is 0.496 e. The van der Waals surface area contributed by atoms with Crippen LogP contribution in [0.3, 0.4) is 0 Å². The third-order valence-corrected chi connectivity index (χ3v) is 16.6. The average Bonchev–Trinajstić information content (AvgIpc) is 1.12. The van der Waals surface area contributed by atoms with Crippen LogP contribution >= 0.6 is 11.6 Å². The maximum absolute atomic E-state index is 14.3.